The van der Waals surface area contributed by atoms with E-state index in [9.17, 15) is 9.59 Å². The van der Waals surface area contributed by atoms with Gasteiger partial charge in [0.1, 0.15) is 5.82 Å². The molecular weight excluding hydrogens is 258 g/mol. The second-order valence-electron chi connectivity index (χ2n) is 4.62. The first-order chi connectivity index (χ1) is 9.36. The van der Waals surface area contributed by atoms with Gasteiger partial charge in [0.25, 0.3) is 5.91 Å². The molecule has 0 fully saturated rings. The molecule has 0 aromatic carbocycles. The van der Waals surface area contributed by atoms with Gasteiger partial charge in [0.15, 0.2) is 0 Å². The molecule has 110 valence electrons. The van der Waals surface area contributed by atoms with Crippen molar-refractivity contribution in [3.8, 4) is 0 Å². The number of aromatic nitrogens is 1. The maximum absolute atomic E-state index is 11.6. The summed E-state index contributed by atoms with van der Waals surface area (Å²) < 4.78 is 4.88. The number of hydrogen-bond donors (Lipinski definition) is 1. The Kier molecular flexibility index (Phi) is 5.49. The predicted molar refractivity (Wildman–Crippen MR) is 76.7 cm³/mol. The molecule has 1 aromatic rings. The molecule has 0 spiro atoms. The lowest BCUT2D eigenvalue weighted by molar-refractivity contribution is -0.142. The van der Waals surface area contributed by atoms with Crippen LogP contribution in [0.3, 0.4) is 0 Å². The first-order valence-electron chi connectivity index (χ1n) is 6.51. The van der Waals surface area contributed by atoms with E-state index in [0.717, 1.165) is 11.3 Å². The summed E-state index contributed by atoms with van der Waals surface area (Å²) in [4.78, 5) is 29.0. The summed E-state index contributed by atoms with van der Waals surface area (Å²) >= 11 is 0. The van der Waals surface area contributed by atoms with E-state index in [-0.39, 0.29) is 12.4 Å². The first-order valence-corrected chi connectivity index (χ1v) is 6.51. The zero-order chi connectivity index (χ0) is 15.3. The van der Waals surface area contributed by atoms with Crippen molar-refractivity contribution in [3.05, 3.63) is 22.9 Å². The Morgan fingerprint density at radius 3 is 2.60 bits per heavy atom. The number of carbonyl (C=O) groups is 2. The molecule has 0 saturated heterocycles. The Hall–Kier alpha value is -2.11. The summed E-state index contributed by atoms with van der Waals surface area (Å²) in [5.41, 5.74) is 7.38. The summed E-state index contributed by atoms with van der Waals surface area (Å²) in [5, 5.41) is 0. The molecule has 2 N–H and O–H groups in total. The molecule has 0 aliphatic heterocycles. The highest BCUT2D eigenvalue weighted by Gasteiger charge is 2.18. The Balaban J connectivity index is 2.94. The second-order valence-corrected chi connectivity index (χ2v) is 4.62. The summed E-state index contributed by atoms with van der Waals surface area (Å²) in [6.45, 7) is 6.20. The van der Waals surface area contributed by atoms with Crippen molar-refractivity contribution >= 4 is 17.7 Å². The number of ether oxygens (including phenoxy) is 1. The van der Waals surface area contributed by atoms with Crippen LogP contribution >= 0.6 is 0 Å². The van der Waals surface area contributed by atoms with Crippen LogP contribution in [0.15, 0.2) is 6.07 Å². The van der Waals surface area contributed by atoms with Crippen molar-refractivity contribution < 1.29 is 14.3 Å². The quantitative estimate of drug-likeness (QED) is 0.790. The molecule has 0 unspecified atom stereocenters. The van der Waals surface area contributed by atoms with Crippen LogP contribution in [0.25, 0.3) is 0 Å². The third-order valence-corrected chi connectivity index (χ3v) is 2.89. The highest BCUT2D eigenvalue weighted by atomic mass is 16.5. The minimum absolute atomic E-state index is 0.233. The Morgan fingerprint density at radius 1 is 1.40 bits per heavy atom. The smallest absolute Gasteiger partial charge is 0.307 e. The van der Waals surface area contributed by atoms with Crippen LogP contribution in [0.5, 0.6) is 0 Å². The SMILES string of the molecule is CCOC(=O)CCN(C)c1nc(C)cc(C)c1C(N)=O. The van der Waals surface area contributed by atoms with Crippen molar-refractivity contribution in [2.24, 2.45) is 5.73 Å². The van der Waals surface area contributed by atoms with E-state index in [1.807, 2.05) is 19.9 Å². The van der Waals surface area contributed by atoms with Gasteiger partial charge in [-0.1, -0.05) is 0 Å². The van der Waals surface area contributed by atoms with Crippen LogP contribution in [0.2, 0.25) is 0 Å². The molecule has 6 nitrogen and oxygen atoms in total. The Morgan fingerprint density at radius 2 is 2.05 bits per heavy atom. The standard InChI is InChI=1S/C14H21N3O3/c1-5-20-11(18)6-7-17(4)14-12(13(15)19)9(2)8-10(3)16-14/h8H,5-7H2,1-4H3,(H2,15,19). The minimum Gasteiger partial charge on any atom is -0.466 e. The average Bonchev–Trinajstić information content (AvgIpc) is 2.34. The Bertz CT molecular complexity index is 515. The number of nitrogens with zero attached hydrogens (tertiary/aromatic N) is 2. The fraction of sp³-hybridized carbons (Fsp3) is 0.500. The summed E-state index contributed by atoms with van der Waals surface area (Å²) in [5.74, 6) is -0.295. The van der Waals surface area contributed by atoms with Crippen LogP contribution in [0.4, 0.5) is 5.82 Å². The topological polar surface area (TPSA) is 85.5 Å². The molecule has 1 heterocycles. The van der Waals surface area contributed by atoms with Gasteiger partial charge in [0.2, 0.25) is 0 Å². The predicted octanol–water partition coefficient (Wildman–Crippen LogP) is 1.19. The normalized spacial score (nSPS) is 10.2. The van der Waals surface area contributed by atoms with E-state index in [0.29, 0.717) is 24.5 Å². The van der Waals surface area contributed by atoms with E-state index in [2.05, 4.69) is 4.98 Å². The fourth-order valence-corrected chi connectivity index (χ4v) is 2.00. The highest BCUT2D eigenvalue weighted by Crippen LogP contribution is 2.21. The number of nitrogens with two attached hydrogens (primary N) is 1. The van der Waals surface area contributed by atoms with Crippen LogP contribution in [-0.2, 0) is 9.53 Å². The van der Waals surface area contributed by atoms with Gasteiger partial charge in [-0.05, 0) is 32.4 Å². The highest BCUT2D eigenvalue weighted by molar-refractivity contribution is 5.99. The lowest BCUT2D eigenvalue weighted by Crippen LogP contribution is -2.27. The third kappa shape index (κ3) is 3.94. The fourth-order valence-electron chi connectivity index (χ4n) is 2.00. The molecule has 0 saturated carbocycles. The van der Waals surface area contributed by atoms with Crippen molar-refractivity contribution in [3.63, 3.8) is 0 Å². The summed E-state index contributed by atoms with van der Waals surface area (Å²) in [6.07, 6.45) is 0.233. The number of carbonyl (C=O) groups excluding carboxylic acids is 2. The van der Waals surface area contributed by atoms with Crippen LogP contribution in [0.1, 0.15) is 35.0 Å². The third-order valence-electron chi connectivity index (χ3n) is 2.89. The van der Waals surface area contributed by atoms with Gasteiger partial charge in [-0.15, -0.1) is 0 Å². The van der Waals surface area contributed by atoms with Crippen LogP contribution in [0, 0.1) is 13.8 Å². The lowest BCUT2D eigenvalue weighted by Gasteiger charge is -2.21. The molecule has 1 amide bonds. The first kappa shape index (κ1) is 15.9. The lowest BCUT2D eigenvalue weighted by atomic mass is 10.1. The average molecular weight is 279 g/mol. The van der Waals surface area contributed by atoms with Crippen molar-refractivity contribution in [1.29, 1.82) is 0 Å². The number of hydrogen-bond acceptors (Lipinski definition) is 5. The van der Waals surface area contributed by atoms with Crippen LogP contribution in [-0.4, -0.2) is 37.1 Å². The number of esters is 1. The van der Waals surface area contributed by atoms with E-state index in [4.69, 9.17) is 10.5 Å². The number of primary amides is 1. The van der Waals surface area contributed by atoms with Gasteiger partial charge < -0.3 is 15.4 Å². The molecule has 0 bridgehead atoms. The maximum Gasteiger partial charge on any atom is 0.307 e. The van der Waals surface area contributed by atoms with Crippen molar-refractivity contribution in [2.45, 2.75) is 27.2 Å². The van der Waals surface area contributed by atoms with Crippen LogP contribution < -0.4 is 10.6 Å². The van der Waals surface area contributed by atoms with E-state index in [1.165, 1.54) is 0 Å². The van der Waals surface area contributed by atoms with E-state index >= 15 is 0 Å². The van der Waals surface area contributed by atoms with Gasteiger partial charge in [-0.25, -0.2) is 4.98 Å². The van der Waals surface area contributed by atoms with Crippen molar-refractivity contribution in [2.75, 3.05) is 25.1 Å². The number of rotatable bonds is 6. The van der Waals surface area contributed by atoms with Gasteiger partial charge in [-0.3, -0.25) is 9.59 Å². The number of pyridine rings is 1. The Labute approximate surface area is 118 Å². The number of aryl methyl sites for hydroxylation is 2. The molecule has 1 aromatic heterocycles. The summed E-state index contributed by atoms with van der Waals surface area (Å²) in [7, 11) is 1.77. The maximum atomic E-state index is 11.6. The van der Waals surface area contributed by atoms with Gasteiger partial charge in [0.05, 0.1) is 18.6 Å². The zero-order valence-electron chi connectivity index (χ0n) is 12.4. The van der Waals surface area contributed by atoms with Gasteiger partial charge in [-0.2, -0.15) is 0 Å². The number of amides is 1. The van der Waals surface area contributed by atoms with E-state index < -0.39 is 5.91 Å². The molecule has 0 aliphatic rings. The number of anilines is 1. The molecule has 0 atom stereocenters. The van der Waals surface area contributed by atoms with Gasteiger partial charge in [0, 0.05) is 19.3 Å². The second kappa shape index (κ2) is 6.88. The molecule has 20 heavy (non-hydrogen) atoms. The monoisotopic (exact) mass is 279 g/mol. The molecule has 0 radical (unpaired) electrons. The minimum atomic E-state index is -0.520. The largest absolute Gasteiger partial charge is 0.466 e. The molecular formula is C14H21N3O3. The molecule has 0 aliphatic carbocycles. The van der Waals surface area contributed by atoms with Gasteiger partial charge >= 0.3 is 5.97 Å². The van der Waals surface area contributed by atoms with E-state index in [1.54, 1.807) is 18.9 Å². The molecule has 1 rings (SSSR count). The zero-order valence-corrected chi connectivity index (χ0v) is 12.4. The van der Waals surface area contributed by atoms with Crippen molar-refractivity contribution in [1.82, 2.24) is 4.98 Å². The summed E-state index contributed by atoms with van der Waals surface area (Å²) in [6, 6.07) is 1.81. The molecule has 6 heteroatoms.